The summed E-state index contributed by atoms with van der Waals surface area (Å²) in [6.45, 7) is 2.33. The second kappa shape index (κ2) is 3.80. The van der Waals surface area contributed by atoms with Crippen LogP contribution in [-0.2, 0) is 6.42 Å². The van der Waals surface area contributed by atoms with Crippen LogP contribution in [-0.4, -0.2) is 6.16 Å². The quantitative estimate of drug-likeness (QED) is 0.658. The SMILES string of the molecule is CCP1C2=Cc3c(cccc3-c3ccccc31)C2. The van der Waals surface area contributed by atoms with Gasteiger partial charge in [0.1, 0.15) is 0 Å². The van der Waals surface area contributed by atoms with Crippen molar-refractivity contribution in [2.75, 3.05) is 6.16 Å². The summed E-state index contributed by atoms with van der Waals surface area (Å²) in [5.41, 5.74) is 5.92. The standard InChI is InChI=1S/C17H15P/c1-2-18-13-10-12-6-5-8-14(16(12)11-13)15-7-3-4-9-17(15)18/h3-9,11H,2,10H2,1H3. The maximum absolute atomic E-state index is 2.47. The van der Waals surface area contributed by atoms with Gasteiger partial charge in [0, 0.05) is 0 Å². The molecular formula is C17H15P. The number of fused-ring (bicyclic) bond motifs is 2. The molecule has 1 heterocycles. The molecule has 0 amide bonds. The van der Waals surface area contributed by atoms with Crippen molar-refractivity contribution in [3.63, 3.8) is 0 Å². The maximum atomic E-state index is 2.47. The Morgan fingerprint density at radius 1 is 1.00 bits per heavy atom. The molecule has 0 aromatic heterocycles. The third kappa shape index (κ3) is 1.30. The van der Waals surface area contributed by atoms with Gasteiger partial charge in [-0.2, -0.15) is 0 Å². The lowest BCUT2D eigenvalue weighted by Gasteiger charge is -2.22. The Hall–Kier alpha value is -1.39. The summed E-state index contributed by atoms with van der Waals surface area (Å²) in [4.78, 5) is 0. The number of allylic oxidation sites excluding steroid dienone is 1. The van der Waals surface area contributed by atoms with E-state index in [-0.39, 0.29) is 7.92 Å². The average molecular weight is 250 g/mol. The lowest BCUT2D eigenvalue weighted by Crippen LogP contribution is -2.09. The van der Waals surface area contributed by atoms with Crippen LogP contribution in [0.3, 0.4) is 0 Å². The zero-order valence-electron chi connectivity index (χ0n) is 10.5. The highest BCUT2D eigenvalue weighted by molar-refractivity contribution is 7.70. The van der Waals surface area contributed by atoms with E-state index in [1.54, 1.807) is 10.6 Å². The van der Waals surface area contributed by atoms with Crippen molar-refractivity contribution < 1.29 is 0 Å². The Labute approximate surface area is 109 Å². The molecule has 1 aliphatic carbocycles. The molecule has 0 nitrogen and oxygen atoms in total. The molecular weight excluding hydrogens is 235 g/mol. The minimum atomic E-state index is -0.114. The summed E-state index contributed by atoms with van der Waals surface area (Å²) in [6, 6.07) is 15.8. The van der Waals surface area contributed by atoms with E-state index in [0.717, 1.165) is 0 Å². The molecule has 0 radical (unpaired) electrons. The minimum absolute atomic E-state index is 0.114. The van der Waals surface area contributed by atoms with E-state index in [1.807, 2.05) is 0 Å². The van der Waals surface area contributed by atoms with Crippen LogP contribution in [0.1, 0.15) is 18.1 Å². The summed E-state index contributed by atoms with van der Waals surface area (Å²) >= 11 is 0. The van der Waals surface area contributed by atoms with Gasteiger partial charge in [-0.05, 0) is 59.5 Å². The van der Waals surface area contributed by atoms with Crippen molar-refractivity contribution in [2.24, 2.45) is 0 Å². The highest BCUT2D eigenvalue weighted by Gasteiger charge is 2.28. The molecule has 2 bridgehead atoms. The molecule has 2 aliphatic rings. The first-order valence-electron chi connectivity index (χ1n) is 6.58. The minimum Gasteiger partial charge on any atom is -0.0616 e. The molecule has 0 saturated heterocycles. The first-order chi connectivity index (χ1) is 8.88. The molecule has 0 spiro atoms. The molecule has 0 fully saturated rings. The van der Waals surface area contributed by atoms with Gasteiger partial charge in [-0.1, -0.05) is 49.4 Å². The Bertz CT molecular complexity index is 667. The van der Waals surface area contributed by atoms with E-state index in [0.29, 0.717) is 0 Å². The largest absolute Gasteiger partial charge is 0.0616 e. The molecule has 18 heavy (non-hydrogen) atoms. The molecule has 2 aromatic rings. The van der Waals surface area contributed by atoms with Crippen LogP contribution in [0, 0.1) is 0 Å². The smallest absolute Gasteiger partial charge is 0.00117 e. The highest BCUT2D eigenvalue weighted by atomic mass is 31.1. The van der Waals surface area contributed by atoms with Crippen molar-refractivity contribution in [3.05, 3.63) is 58.9 Å². The van der Waals surface area contributed by atoms with Crippen LogP contribution in [0.15, 0.2) is 47.8 Å². The molecule has 1 heteroatoms. The second-order valence-corrected chi connectivity index (χ2v) is 7.50. The summed E-state index contributed by atoms with van der Waals surface area (Å²) in [7, 11) is -0.114. The summed E-state index contributed by atoms with van der Waals surface area (Å²) in [5, 5.41) is 3.25. The predicted molar refractivity (Wildman–Crippen MR) is 80.7 cm³/mol. The Kier molecular flexibility index (Phi) is 2.22. The van der Waals surface area contributed by atoms with E-state index in [4.69, 9.17) is 0 Å². The average Bonchev–Trinajstić information content (AvgIpc) is 2.78. The van der Waals surface area contributed by atoms with Crippen molar-refractivity contribution in [1.82, 2.24) is 0 Å². The van der Waals surface area contributed by atoms with Gasteiger partial charge >= 0.3 is 0 Å². The molecule has 0 saturated carbocycles. The van der Waals surface area contributed by atoms with Crippen LogP contribution < -0.4 is 5.30 Å². The normalized spacial score (nSPS) is 19.2. The van der Waals surface area contributed by atoms with Crippen molar-refractivity contribution in [2.45, 2.75) is 13.3 Å². The van der Waals surface area contributed by atoms with Gasteiger partial charge in [0.25, 0.3) is 0 Å². The third-order valence-corrected chi connectivity index (χ3v) is 6.61. The van der Waals surface area contributed by atoms with Crippen LogP contribution in [0.5, 0.6) is 0 Å². The van der Waals surface area contributed by atoms with Crippen molar-refractivity contribution >= 4 is 19.3 Å². The maximum Gasteiger partial charge on any atom is -0.00117 e. The van der Waals surface area contributed by atoms with Gasteiger partial charge in [0.05, 0.1) is 0 Å². The van der Waals surface area contributed by atoms with E-state index in [2.05, 4.69) is 55.5 Å². The Morgan fingerprint density at radius 3 is 2.72 bits per heavy atom. The molecule has 1 unspecified atom stereocenters. The van der Waals surface area contributed by atoms with Gasteiger partial charge in [0.15, 0.2) is 0 Å². The van der Waals surface area contributed by atoms with Gasteiger partial charge in [-0.15, -0.1) is 0 Å². The predicted octanol–water partition coefficient (Wildman–Crippen LogP) is 4.39. The molecule has 4 rings (SSSR count). The molecule has 1 aliphatic heterocycles. The fourth-order valence-corrected chi connectivity index (χ4v) is 5.68. The first kappa shape index (κ1) is 10.5. The lowest BCUT2D eigenvalue weighted by molar-refractivity contribution is 1.28. The third-order valence-electron chi connectivity index (χ3n) is 4.03. The molecule has 0 N–H and O–H groups in total. The number of rotatable bonds is 1. The van der Waals surface area contributed by atoms with Crippen LogP contribution in [0.4, 0.5) is 0 Å². The van der Waals surface area contributed by atoms with Gasteiger partial charge < -0.3 is 0 Å². The van der Waals surface area contributed by atoms with E-state index >= 15 is 0 Å². The summed E-state index contributed by atoms with van der Waals surface area (Å²) in [6.07, 6.45) is 4.91. The van der Waals surface area contributed by atoms with E-state index < -0.39 is 0 Å². The van der Waals surface area contributed by atoms with Gasteiger partial charge in [0.2, 0.25) is 0 Å². The first-order valence-corrected chi connectivity index (χ1v) is 8.10. The monoisotopic (exact) mass is 250 g/mol. The lowest BCUT2D eigenvalue weighted by atomic mass is 9.97. The van der Waals surface area contributed by atoms with Crippen LogP contribution >= 0.6 is 7.92 Å². The molecule has 1 atom stereocenters. The van der Waals surface area contributed by atoms with E-state index in [9.17, 15) is 0 Å². The van der Waals surface area contributed by atoms with Gasteiger partial charge in [-0.25, -0.2) is 0 Å². The fraction of sp³-hybridized carbons (Fsp3) is 0.176. The van der Waals surface area contributed by atoms with Gasteiger partial charge in [-0.3, -0.25) is 0 Å². The van der Waals surface area contributed by atoms with Crippen molar-refractivity contribution in [1.29, 1.82) is 0 Å². The van der Waals surface area contributed by atoms with Crippen LogP contribution in [0.25, 0.3) is 17.2 Å². The fourth-order valence-electron chi connectivity index (χ4n) is 3.22. The van der Waals surface area contributed by atoms with Crippen LogP contribution in [0.2, 0.25) is 0 Å². The number of hydrogen-bond acceptors (Lipinski definition) is 0. The van der Waals surface area contributed by atoms with Crippen molar-refractivity contribution in [3.8, 4) is 11.1 Å². The molecule has 88 valence electrons. The second-order valence-electron chi connectivity index (χ2n) is 4.95. The Morgan fingerprint density at radius 2 is 1.83 bits per heavy atom. The summed E-state index contributed by atoms with van der Waals surface area (Å²) < 4.78 is 0. The molecule has 2 aromatic carbocycles. The number of hydrogen-bond donors (Lipinski definition) is 0. The Balaban J connectivity index is 2.10. The summed E-state index contributed by atoms with van der Waals surface area (Å²) in [5.74, 6) is 0. The number of benzene rings is 2. The zero-order valence-corrected chi connectivity index (χ0v) is 11.4. The van der Waals surface area contributed by atoms with E-state index in [1.165, 1.54) is 34.8 Å². The topological polar surface area (TPSA) is 0 Å². The highest BCUT2D eigenvalue weighted by Crippen LogP contribution is 2.54. The zero-order chi connectivity index (χ0) is 12.1.